The highest BCUT2D eigenvalue weighted by Gasteiger charge is 2.15. The van der Waals surface area contributed by atoms with Crippen LogP contribution in [0.15, 0.2) is 53.9 Å². The zero-order valence-electron chi connectivity index (χ0n) is 18.0. The molecule has 4 rings (SSSR count). The van der Waals surface area contributed by atoms with E-state index in [0.717, 1.165) is 54.6 Å². The molecule has 1 aromatic heterocycles. The zero-order valence-corrected chi connectivity index (χ0v) is 18.8. The number of aromatic nitrogens is 1. The topological polar surface area (TPSA) is 57.7 Å². The van der Waals surface area contributed by atoms with Crippen LogP contribution in [0.5, 0.6) is 5.75 Å². The molecular formula is C24H28N4O2S. The minimum absolute atomic E-state index is 0.165. The van der Waals surface area contributed by atoms with E-state index in [0.29, 0.717) is 12.2 Å². The number of benzene rings is 2. The van der Waals surface area contributed by atoms with E-state index in [-0.39, 0.29) is 5.91 Å². The van der Waals surface area contributed by atoms with Gasteiger partial charge in [0.15, 0.2) is 0 Å². The number of nitrogens with zero attached hydrogens (tertiary/aromatic N) is 3. The van der Waals surface area contributed by atoms with E-state index in [2.05, 4.69) is 51.4 Å². The van der Waals surface area contributed by atoms with Gasteiger partial charge < -0.3 is 15.0 Å². The average Bonchev–Trinajstić information content (AvgIpc) is 3.29. The molecule has 0 aliphatic carbocycles. The molecule has 31 heavy (non-hydrogen) atoms. The lowest BCUT2D eigenvalue weighted by molar-refractivity contribution is 0.0946. The number of piperazine rings is 1. The second-order valence-electron chi connectivity index (χ2n) is 7.82. The molecule has 0 spiro atoms. The van der Waals surface area contributed by atoms with Crippen molar-refractivity contribution in [3.8, 4) is 16.3 Å². The molecule has 2 aromatic carbocycles. The van der Waals surface area contributed by atoms with Gasteiger partial charge >= 0.3 is 0 Å². The van der Waals surface area contributed by atoms with Crippen molar-refractivity contribution in [3.63, 3.8) is 0 Å². The molecule has 2 heterocycles. The van der Waals surface area contributed by atoms with E-state index in [9.17, 15) is 4.79 Å². The molecule has 162 valence electrons. The van der Waals surface area contributed by atoms with Crippen molar-refractivity contribution < 1.29 is 9.53 Å². The second kappa shape index (κ2) is 10.0. The molecule has 1 aliphatic rings. The number of methoxy groups -OCH3 is 1. The summed E-state index contributed by atoms with van der Waals surface area (Å²) in [4.78, 5) is 22.0. The van der Waals surface area contributed by atoms with Crippen LogP contribution in [0.3, 0.4) is 0 Å². The van der Waals surface area contributed by atoms with Gasteiger partial charge in [-0.25, -0.2) is 4.98 Å². The number of nitrogens with one attached hydrogen (secondary N) is 1. The Morgan fingerprint density at radius 1 is 1.10 bits per heavy atom. The minimum atomic E-state index is -0.165. The molecule has 1 amide bonds. The number of hydrogen-bond acceptors (Lipinski definition) is 6. The highest BCUT2D eigenvalue weighted by atomic mass is 32.1. The Balaban J connectivity index is 1.35. The monoisotopic (exact) mass is 436 g/mol. The minimum Gasteiger partial charge on any atom is -0.496 e. The molecule has 0 saturated carbocycles. The third kappa shape index (κ3) is 5.50. The van der Waals surface area contributed by atoms with E-state index in [4.69, 9.17) is 4.74 Å². The van der Waals surface area contributed by atoms with Gasteiger partial charge in [-0.05, 0) is 30.3 Å². The van der Waals surface area contributed by atoms with Crippen molar-refractivity contribution in [1.82, 2.24) is 20.1 Å². The number of carbonyl (C=O) groups is 1. The first-order valence-electron chi connectivity index (χ1n) is 10.5. The molecular weight excluding hydrogens is 408 g/mol. The Morgan fingerprint density at radius 3 is 2.68 bits per heavy atom. The fourth-order valence-corrected chi connectivity index (χ4v) is 4.53. The smallest absolute Gasteiger partial charge is 0.271 e. The van der Waals surface area contributed by atoms with E-state index in [1.807, 2.05) is 24.3 Å². The van der Waals surface area contributed by atoms with Crippen molar-refractivity contribution in [2.75, 3.05) is 40.3 Å². The predicted octanol–water partition coefficient (Wildman–Crippen LogP) is 3.50. The molecule has 6 nitrogen and oxygen atoms in total. The summed E-state index contributed by atoms with van der Waals surface area (Å²) in [5.74, 6) is 0.586. The van der Waals surface area contributed by atoms with Gasteiger partial charge in [0.2, 0.25) is 0 Å². The molecule has 0 unspecified atom stereocenters. The van der Waals surface area contributed by atoms with Crippen LogP contribution < -0.4 is 10.1 Å². The van der Waals surface area contributed by atoms with E-state index < -0.39 is 0 Å². The van der Waals surface area contributed by atoms with Crippen LogP contribution in [-0.4, -0.2) is 61.0 Å². The number of amides is 1. The summed E-state index contributed by atoms with van der Waals surface area (Å²) < 4.78 is 5.41. The van der Waals surface area contributed by atoms with Gasteiger partial charge in [-0.15, -0.1) is 11.3 Å². The standard InChI is InChI=1S/C24H28N4O2S/c1-27-10-12-28(13-11-27)16-19-7-5-6-18(14-19)15-25-23(29)21-17-31-24(26-21)20-8-3-4-9-22(20)30-2/h3-9,14,17H,10-13,15-16H2,1-2H3,(H,25,29). The van der Waals surface area contributed by atoms with Gasteiger partial charge in [0.1, 0.15) is 16.5 Å². The van der Waals surface area contributed by atoms with Crippen molar-refractivity contribution >= 4 is 17.2 Å². The number of thiazole rings is 1. The maximum absolute atomic E-state index is 12.6. The summed E-state index contributed by atoms with van der Waals surface area (Å²) in [5.41, 5.74) is 3.70. The zero-order chi connectivity index (χ0) is 21.6. The number of rotatable bonds is 7. The maximum Gasteiger partial charge on any atom is 0.271 e. The van der Waals surface area contributed by atoms with Crippen LogP contribution in [0.25, 0.3) is 10.6 Å². The molecule has 1 aliphatic heterocycles. The Kier molecular flexibility index (Phi) is 6.96. The summed E-state index contributed by atoms with van der Waals surface area (Å²) in [6, 6.07) is 16.2. The normalized spacial score (nSPS) is 15.0. The summed E-state index contributed by atoms with van der Waals surface area (Å²) >= 11 is 1.44. The first kappa shape index (κ1) is 21.5. The summed E-state index contributed by atoms with van der Waals surface area (Å²) in [6.45, 7) is 5.84. The number of hydrogen-bond donors (Lipinski definition) is 1. The van der Waals surface area contributed by atoms with Crippen molar-refractivity contribution in [2.24, 2.45) is 0 Å². The Bertz CT molecular complexity index is 1030. The fraction of sp³-hybridized carbons (Fsp3) is 0.333. The molecule has 7 heteroatoms. The van der Waals surface area contributed by atoms with Gasteiger partial charge in [-0.1, -0.05) is 36.4 Å². The van der Waals surface area contributed by atoms with Gasteiger partial charge in [0, 0.05) is 44.6 Å². The van der Waals surface area contributed by atoms with Gasteiger partial charge in [0.05, 0.1) is 12.7 Å². The highest BCUT2D eigenvalue weighted by molar-refractivity contribution is 7.13. The summed E-state index contributed by atoms with van der Waals surface area (Å²) in [6.07, 6.45) is 0. The molecule has 0 bridgehead atoms. The largest absolute Gasteiger partial charge is 0.496 e. The van der Waals surface area contributed by atoms with Crippen molar-refractivity contribution in [2.45, 2.75) is 13.1 Å². The quantitative estimate of drug-likeness (QED) is 0.614. The number of ether oxygens (including phenoxy) is 1. The SMILES string of the molecule is COc1ccccc1-c1nc(C(=O)NCc2cccc(CN3CCN(C)CC3)c2)cs1. The summed E-state index contributed by atoms with van der Waals surface area (Å²) in [7, 11) is 3.81. The first-order valence-corrected chi connectivity index (χ1v) is 11.4. The van der Waals surface area contributed by atoms with Crippen LogP contribution in [0.4, 0.5) is 0 Å². The lowest BCUT2D eigenvalue weighted by atomic mass is 10.1. The van der Waals surface area contributed by atoms with E-state index in [1.165, 1.54) is 16.9 Å². The predicted molar refractivity (Wildman–Crippen MR) is 124 cm³/mol. The Hall–Kier alpha value is -2.74. The van der Waals surface area contributed by atoms with Gasteiger partial charge in [-0.3, -0.25) is 9.69 Å². The van der Waals surface area contributed by atoms with Crippen LogP contribution in [0, 0.1) is 0 Å². The first-order chi connectivity index (χ1) is 15.1. The van der Waals surface area contributed by atoms with Crippen molar-refractivity contribution in [3.05, 3.63) is 70.7 Å². The van der Waals surface area contributed by atoms with Crippen LogP contribution in [0.2, 0.25) is 0 Å². The third-order valence-corrected chi connectivity index (χ3v) is 6.40. The molecule has 3 aromatic rings. The van der Waals surface area contributed by atoms with Crippen LogP contribution in [0.1, 0.15) is 21.6 Å². The van der Waals surface area contributed by atoms with E-state index >= 15 is 0 Å². The van der Waals surface area contributed by atoms with Crippen LogP contribution >= 0.6 is 11.3 Å². The Morgan fingerprint density at radius 2 is 1.87 bits per heavy atom. The number of carbonyl (C=O) groups excluding carboxylic acids is 1. The highest BCUT2D eigenvalue weighted by Crippen LogP contribution is 2.31. The molecule has 1 saturated heterocycles. The van der Waals surface area contributed by atoms with Crippen molar-refractivity contribution in [1.29, 1.82) is 0 Å². The lowest BCUT2D eigenvalue weighted by Crippen LogP contribution is -2.43. The second-order valence-corrected chi connectivity index (χ2v) is 8.68. The van der Waals surface area contributed by atoms with Gasteiger partial charge in [-0.2, -0.15) is 0 Å². The van der Waals surface area contributed by atoms with E-state index in [1.54, 1.807) is 12.5 Å². The Labute approximate surface area is 187 Å². The maximum atomic E-state index is 12.6. The lowest BCUT2D eigenvalue weighted by Gasteiger charge is -2.32. The third-order valence-electron chi connectivity index (χ3n) is 5.52. The molecule has 0 atom stereocenters. The number of para-hydroxylation sites is 1. The average molecular weight is 437 g/mol. The van der Waals surface area contributed by atoms with Gasteiger partial charge in [0.25, 0.3) is 5.91 Å². The number of likely N-dealkylation sites (N-methyl/N-ethyl adjacent to an activating group) is 1. The summed E-state index contributed by atoms with van der Waals surface area (Å²) in [5, 5.41) is 5.57. The molecule has 1 N–H and O–H groups in total. The molecule has 1 fully saturated rings. The van der Waals surface area contributed by atoms with Crippen LogP contribution in [-0.2, 0) is 13.1 Å². The molecule has 0 radical (unpaired) electrons. The fourth-order valence-electron chi connectivity index (χ4n) is 3.70.